The number of aliphatic hydroxyl groups excluding tert-OH is 1. The van der Waals surface area contributed by atoms with Gasteiger partial charge in [0.25, 0.3) is 5.91 Å². The van der Waals surface area contributed by atoms with E-state index < -0.39 is 11.7 Å². The predicted molar refractivity (Wildman–Crippen MR) is 76.3 cm³/mol. The minimum atomic E-state index is -0.686. The van der Waals surface area contributed by atoms with Crippen molar-refractivity contribution in [1.29, 1.82) is 0 Å². The largest absolute Gasteiger partial charge is 0.396 e. The Morgan fingerprint density at radius 3 is 2.75 bits per heavy atom. The highest BCUT2D eigenvalue weighted by atomic mass is 35.5. The SMILES string of the molecule is O=C(NCC1CCCCC1CO)c1cccc(Cl)c1F. The fourth-order valence-corrected chi connectivity index (χ4v) is 2.97. The lowest BCUT2D eigenvalue weighted by molar-refractivity contribution is 0.0905. The number of benzene rings is 1. The fraction of sp³-hybridized carbons (Fsp3) is 0.533. The minimum absolute atomic E-state index is 0.0335. The number of halogens is 2. The second kappa shape index (κ2) is 7.04. The maximum absolute atomic E-state index is 13.7. The Labute approximate surface area is 123 Å². The molecular formula is C15H19ClFNO2. The zero-order chi connectivity index (χ0) is 14.5. The quantitative estimate of drug-likeness (QED) is 0.898. The summed E-state index contributed by atoms with van der Waals surface area (Å²) in [5.41, 5.74) is -0.0335. The van der Waals surface area contributed by atoms with Crippen LogP contribution in [0.2, 0.25) is 5.02 Å². The third kappa shape index (κ3) is 3.49. The average Bonchev–Trinajstić information content (AvgIpc) is 2.48. The zero-order valence-corrected chi connectivity index (χ0v) is 12.0. The van der Waals surface area contributed by atoms with Gasteiger partial charge in [0.15, 0.2) is 5.82 Å². The smallest absolute Gasteiger partial charge is 0.254 e. The molecule has 1 amide bonds. The first kappa shape index (κ1) is 15.3. The van der Waals surface area contributed by atoms with Crippen LogP contribution in [0.15, 0.2) is 18.2 Å². The Kier molecular flexibility index (Phi) is 5.38. The molecule has 0 spiro atoms. The van der Waals surface area contributed by atoms with Crippen LogP contribution < -0.4 is 5.32 Å². The molecule has 2 N–H and O–H groups in total. The minimum Gasteiger partial charge on any atom is -0.396 e. The average molecular weight is 300 g/mol. The summed E-state index contributed by atoms with van der Waals surface area (Å²) in [6.07, 6.45) is 4.22. The van der Waals surface area contributed by atoms with Gasteiger partial charge in [0, 0.05) is 13.2 Å². The summed E-state index contributed by atoms with van der Waals surface area (Å²) >= 11 is 5.66. The van der Waals surface area contributed by atoms with Crippen LogP contribution in [0, 0.1) is 17.7 Å². The second-order valence-electron chi connectivity index (χ2n) is 5.30. The van der Waals surface area contributed by atoms with E-state index in [2.05, 4.69) is 5.32 Å². The number of aliphatic hydroxyl groups is 1. The van der Waals surface area contributed by atoms with Crippen molar-refractivity contribution in [2.45, 2.75) is 25.7 Å². The molecule has 1 aliphatic rings. The van der Waals surface area contributed by atoms with E-state index >= 15 is 0 Å². The maximum Gasteiger partial charge on any atom is 0.254 e. The van der Waals surface area contributed by atoms with E-state index in [0.29, 0.717) is 6.54 Å². The topological polar surface area (TPSA) is 49.3 Å². The van der Waals surface area contributed by atoms with Gasteiger partial charge in [-0.05, 0) is 36.8 Å². The second-order valence-corrected chi connectivity index (χ2v) is 5.71. The van der Waals surface area contributed by atoms with Crippen molar-refractivity contribution in [1.82, 2.24) is 5.32 Å². The van der Waals surface area contributed by atoms with E-state index in [1.54, 1.807) is 6.07 Å². The van der Waals surface area contributed by atoms with E-state index in [1.807, 2.05) is 0 Å². The summed E-state index contributed by atoms with van der Waals surface area (Å²) in [5, 5.41) is 12.0. The summed E-state index contributed by atoms with van der Waals surface area (Å²) in [7, 11) is 0. The number of rotatable bonds is 4. The molecule has 0 radical (unpaired) electrons. The van der Waals surface area contributed by atoms with Gasteiger partial charge in [0.2, 0.25) is 0 Å². The first-order valence-electron chi connectivity index (χ1n) is 6.96. The van der Waals surface area contributed by atoms with Crippen LogP contribution in [0.4, 0.5) is 4.39 Å². The Morgan fingerprint density at radius 2 is 2.05 bits per heavy atom. The van der Waals surface area contributed by atoms with E-state index in [4.69, 9.17) is 11.6 Å². The highest BCUT2D eigenvalue weighted by Gasteiger charge is 2.25. The molecule has 1 aliphatic carbocycles. The third-order valence-corrected chi connectivity index (χ3v) is 4.31. The van der Waals surface area contributed by atoms with Crippen molar-refractivity contribution < 1.29 is 14.3 Å². The summed E-state index contributed by atoms with van der Waals surface area (Å²) in [4.78, 5) is 12.0. The van der Waals surface area contributed by atoms with Crippen molar-refractivity contribution in [2.24, 2.45) is 11.8 Å². The van der Waals surface area contributed by atoms with Gasteiger partial charge < -0.3 is 10.4 Å². The highest BCUT2D eigenvalue weighted by Crippen LogP contribution is 2.29. The van der Waals surface area contributed by atoms with Gasteiger partial charge in [0.05, 0.1) is 10.6 Å². The molecule has 20 heavy (non-hydrogen) atoms. The zero-order valence-electron chi connectivity index (χ0n) is 11.2. The lowest BCUT2D eigenvalue weighted by Crippen LogP contribution is -2.35. The first-order chi connectivity index (χ1) is 9.63. The molecule has 0 heterocycles. The van der Waals surface area contributed by atoms with Gasteiger partial charge in [-0.2, -0.15) is 0 Å². The van der Waals surface area contributed by atoms with Crippen molar-refractivity contribution >= 4 is 17.5 Å². The van der Waals surface area contributed by atoms with E-state index in [9.17, 15) is 14.3 Å². The van der Waals surface area contributed by atoms with Crippen LogP contribution >= 0.6 is 11.6 Å². The molecule has 1 aromatic rings. The van der Waals surface area contributed by atoms with Gasteiger partial charge in [-0.3, -0.25) is 4.79 Å². The van der Waals surface area contributed by atoms with Gasteiger partial charge in [-0.1, -0.05) is 30.5 Å². The van der Waals surface area contributed by atoms with Crippen molar-refractivity contribution in [3.8, 4) is 0 Å². The molecule has 0 bridgehead atoms. The highest BCUT2D eigenvalue weighted by molar-refractivity contribution is 6.31. The summed E-state index contributed by atoms with van der Waals surface area (Å²) in [5.74, 6) is -0.644. The molecule has 0 saturated heterocycles. The van der Waals surface area contributed by atoms with Crippen LogP contribution in [0.1, 0.15) is 36.0 Å². The molecule has 0 aliphatic heterocycles. The van der Waals surface area contributed by atoms with Gasteiger partial charge in [0.1, 0.15) is 0 Å². The van der Waals surface area contributed by atoms with Crippen LogP contribution in [-0.4, -0.2) is 24.2 Å². The summed E-state index contributed by atoms with van der Waals surface area (Å²) in [6.45, 7) is 0.613. The fourth-order valence-electron chi connectivity index (χ4n) is 2.79. The molecule has 1 saturated carbocycles. The van der Waals surface area contributed by atoms with Crippen LogP contribution in [-0.2, 0) is 0 Å². The predicted octanol–water partition coefficient (Wildman–Crippen LogP) is 3.01. The molecular weight excluding hydrogens is 281 g/mol. The first-order valence-corrected chi connectivity index (χ1v) is 7.34. The Hall–Kier alpha value is -1.13. The molecule has 5 heteroatoms. The third-order valence-electron chi connectivity index (χ3n) is 4.02. The van der Waals surface area contributed by atoms with E-state index in [0.717, 1.165) is 25.7 Å². The molecule has 1 fully saturated rings. The van der Waals surface area contributed by atoms with Gasteiger partial charge >= 0.3 is 0 Å². The number of amides is 1. The Bertz CT molecular complexity index is 481. The molecule has 2 rings (SSSR count). The molecule has 2 unspecified atom stereocenters. The van der Waals surface area contributed by atoms with E-state index in [-0.39, 0.29) is 29.0 Å². The van der Waals surface area contributed by atoms with Gasteiger partial charge in [-0.25, -0.2) is 4.39 Å². The van der Waals surface area contributed by atoms with Crippen molar-refractivity contribution in [3.05, 3.63) is 34.6 Å². The normalized spacial score (nSPS) is 22.6. The van der Waals surface area contributed by atoms with E-state index in [1.165, 1.54) is 12.1 Å². The Balaban J connectivity index is 1.96. The van der Waals surface area contributed by atoms with Crippen molar-refractivity contribution in [3.63, 3.8) is 0 Å². The molecule has 2 atom stereocenters. The lowest BCUT2D eigenvalue weighted by Gasteiger charge is -2.30. The van der Waals surface area contributed by atoms with Gasteiger partial charge in [-0.15, -0.1) is 0 Å². The van der Waals surface area contributed by atoms with Crippen molar-refractivity contribution in [2.75, 3.05) is 13.2 Å². The molecule has 1 aromatic carbocycles. The maximum atomic E-state index is 13.7. The molecule has 0 aromatic heterocycles. The molecule has 3 nitrogen and oxygen atoms in total. The summed E-state index contributed by atoms with van der Waals surface area (Å²) < 4.78 is 13.7. The number of hydrogen-bond donors (Lipinski definition) is 2. The van der Waals surface area contributed by atoms with Crippen LogP contribution in [0.5, 0.6) is 0 Å². The number of carbonyl (C=O) groups is 1. The molecule has 110 valence electrons. The van der Waals surface area contributed by atoms with Crippen LogP contribution in [0.3, 0.4) is 0 Å². The summed E-state index contributed by atoms with van der Waals surface area (Å²) in [6, 6.07) is 4.38. The number of nitrogens with one attached hydrogen (secondary N) is 1. The number of carbonyl (C=O) groups excluding carboxylic acids is 1. The number of hydrogen-bond acceptors (Lipinski definition) is 2. The standard InChI is InChI=1S/C15H19ClFNO2/c16-13-7-3-6-12(14(13)17)15(20)18-8-10-4-1-2-5-11(10)9-19/h3,6-7,10-11,19H,1-2,4-5,8-9H2,(H,18,20). The monoisotopic (exact) mass is 299 g/mol. The van der Waals surface area contributed by atoms with Crippen LogP contribution in [0.25, 0.3) is 0 Å². The lowest BCUT2D eigenvalue weighted by atomic mass is 9.79. The Morgan fingerprint density at radius 1 is 1.35 bits per heavy atom.